The summed E-state index contributed by atoms with van der Waals surface area (Å²) in [5, 5.41) is 3.75. The van der Waals surface area contributed by atoms with Crippen LogP contribution in [0, 0.1) is 11.8 Å². The van der Waals surface area contributed by atoms with E-state index in [-0.39, 0.29) is 0 Å². The predicted molar refractivity (Wildman–Crippen MR) is 80.2 cm³/mol. The van der Waals surface area contributed by atoms with Gasteiger partial charge in [-0.05, 0) is 56.2 Å². The first-order valence-corrected chi connectivity index (χ1v) is 8.09. The second-order valence-electron chi connectivity index (χ2n) is 6.07. The minimum atomic E-state index is 0.693. The summed E-state index contributed by atoms with van der Waals surface area (Å²) in [5.41, 5.74) is 0. The second kappa shape index (κ2) is 7.74. The van der Waals surface area contributed by atoms with Crippen molar-refractivity contribution < 1.29 is 4.42 Å². The molecule has 0 radical (unpaired) electrons. The Hall–Kier alpha value is -0.760. The van der Waals surface area contributed by atoms with Crippen LogP contribution in [0.4, 0.5) is 0 Å². The molecule has 0 spiro atoms. The van der Waals surface area contributed by atoms with Crippen molar-refractivity contribution >= 4 is 0 Å². The molecule has 3 atom stereocenters. The summed E-state index contributed by atoms with van der Waals surface area (Å²) < 4.78 is 5.56. The van der Waals surface area contributed by atoms with Crippen molar-refractivity contribution in [1.29, 1.82) is 0 Å². The standard InChI is InChI=1S/C17H29NO/c1-3-6-14-8-9-17(18-10-4-2)15(12-14)13-16-7-5-11-19-16/h5,7,11,14-15,17-18H,3-4,6,8-10,12-13H2,1-2H3. The minimum Gasteiger partial charge on any atom is -0.469 e. The summed E-state index contributed by atoms with van der Waals surface area (Å²) in [4.78, 5) is 0. The van der Waals surface area contributed by atoms with Crippen molar-refractivity contribution in [3.8, 4) is 0 Å². The first-order chi connectivity index (χ1) is 9.33. The Morgan fingerprint density at radius 1 is 1.26 bits per heavy atom. The van der Waals surface area contributed by atoms with Crippen LogP contribution in [0.25, 0.3) is 0 Å². The molecule has 1 heterocycles. The zero-order valence-corrected chi connectivity index (χ0v) is 12.5. The predicted octanol–water partition coefficient (Wildman–Crippen LogP) is 4.41. The summed E-state index contributed by atoms with van der Waals surface area (Å²) in [5.74, 6) is 2.85. The minimum absolute atomic E-state index is 0.693. The van der Waals surface area contributed by atoms with E-state index in [9.17, 15) is 0 Å². The fourth-order valence-electron chi connectivity index (χ4n) is 3.54. The second-order valence-corrected chi connectivity index (χ2v) is 6.07. The number of rotatable bonds is 7. The SMILES string of the molecule is CCCNC1CCC(CCC)CC1Cc1ccco1. The molecule has 2 rings (SSSR count). The molecule has 1 aliphatic rings. The Balaban J connectivity index is 1.93. The maximum absolute atomic E-state index is 5.56. The highest BCUT2D eigenvalue weighted by Crippen LogP contribution is 2.34. The van der Waals surface area contributed by atoms with Gasteiger partial charge in [0.15, 0.2) is 0 Å². The summed E-state index contributed by atoms with van der Waals surface area (Å²) in [6.45, 7) is 5.71. The third-order valence-corrected chi connectivity index (χ3v) is 4.49. The fourth-order valence-corrected chi connectivity index (χ4v) is 3.54. The van der Waals surface area contributed by atoms with Crippen molar-refractivity contribution in [2.45, 2.75) is 64.8 Å². The highest BCUT2D eigenvalue weighted by atomic mass is 16.3. The van der Waals surface area contributed by atoms with Gasteiger partial charge in [-0.3, -0.25) is 0 Å². The lowest BCUT2D eigenvalue weighted by molar-refractivity contribution is 0.187. The number of furan rings is 1. The van der Waals surface area contributed by atoms with E-state index in [1.165, 1.54) is 38.5 Å². The Kier molecular flexibility index (Phi) is 5.96. The van der Waals surface area contributed by atoms with Gasteiger partial charge >= 0.3 is 0 Å². The highest BCUT2D eigenvalue weighted by molar-refractivity contribution is 5.01. The molecule has 1 fully saturated rings. The van der Waals surface area contributed by atoms with Gasteiger partial charge in [-0.1, -0.05) is 26.7 Å². The number of hydrogen-bond donors (Lipinski definition) is 1. The van der Waals surface area contributed by atoms with Crippen molar-refractivity contribution in [2.24, 2.45) is 11.8 Å². The zero-order valence-electron chi connectivity index (χ0n) is 12.5. The molecule has 1 aliphatic carbocycles. The lowest BCUT2D eigenvalue weighted by atomic mass is 9.74. The molecule has 108 valence electrons. The summed E-state index contributed by atoms with van der Waals surface area (Å²) in [6.07, 6.45) is 11.0. The van der Waals surface area contributed by atoms with Crippen LogP contribution in [-0.2, 0) is 6.42 Å². The molecule has 0 aromatic carbocycles. The van der Waals surface area contributed by atoms with Crippen LogP contribution in [-0.4, -0.2) is 12.6 Å². The first-order valence-electron chi connectivity index (χ1n) is 8.09. The Morgan fingerprint density at radius 3 is 2.84 bits per heavy atom. The van der Waals surface area contributed by atoms with Crippen LogP contribution in [0.15, 0.2) is 22.8 Å². The van der Waals surface area contributed by atoms with E-state index in [0.717, 1.165) is 30.6 Å². The molecule has 1 aromatic rings. The molecule has 0 amide bonds. The van der Waals surface area contributed by atoms with Crippen LogP contribution in [0.1, 0.15) is 58.1 Å². The lowest BCUT2D eigenvalue weighted by Gasteiger charge is -2.36. The molecule has 1 saturated carbocycles. The van der Waals surface area contributed by atoms with Gasteiger partial charge in [0, 0.05) is 12.5 Å². The van der Waals surface area contributed by atoms with Crippen LogP contribution >= 0.6 is 0 Å². The average molecular weight is 263 g/mol. The molecular formula is C17H29NO. The van der Waals surface area contributed by atoms with Gasteiger partial charge in [0.2, 0.25) is 0 Å². The van der Waals surface area contributed by atoms with Gasteiger partial charge in [0.25, 0.3) is 0 Å². The van der Waals surface area contributed by atoms with Gasteiger partial charge in [0.1, 0.15) is 5.76 Å². The van der Waals surface area contributed by atoms with Crippen LogP contribution in [0.3, 0.4) is 0 Å². The van der Waals surface area contributed by atoms with E-state index in [2.05, 4.69) is 25.2 Å². The third kappa shape index (κ3) is 4.38. The zero-order chi connectivity index (χ0) is 13.5. The first kappa shape index (κ1) is 14.6. The van der Waals surface area contributed by atoms with E-state index in [4.69, 9.17) is 4.42 Å². The maximum atomic E-state index is 5.56. The normalized spacial score (nSPS) is 27.6. The number of nitrogens with one attached hydrogen (secondary N) is 1. The van der Waals surface area contributed by atoms with Crippen molar-refractivity contribution in [3.05, 3.63) is 24.2 Å². The van der Waals surface area contributed by atoms with Gasteiger partial charge in [0.05, 0.1) is 6.26 Å². The lowest BCUT2D eigenvalue weighted by Crippen LogP contribution is -2.42. The van der Waals surface area contributed by atoms with E-state index in [1.54, 1.807) is 6.26 Å². The summed E-state index contributed by atoms with van der Waals surface area (Å²) in [7, 11) is 0. The van der Waals surface area contributed by atoms with E-state index < -0.39 is 0 Å². The average Bonchev–Trinajstić information content (AvgIpc) is 2.91. The molecule has 0 aliphatic heterocycles. The molecule has 0 bridgehead atoms. The third-order valence-electron chi connectivity index (χ3n) is 4.49. The van der Waals surface area contributed by atoms with Crippen molar-refractivity contribution in [2.75, 3.05) is 6.54 Å². The maximum Gasteiger partial charge on any atom is 0.104 e. The molecule has 2 nitrogen and oxygen atoms in total. The van der Waals surface area contributed by atoms with Crippen LogP contribution < -0.4 is 5.32 Å². The Morgan fingerprint density at radius 2 is 2.16 bits per heavy atom. The Bertz CT molecular complexity index is 333. The van der Waals surface area contributed by atoms with E-state index in [1.807, 2.05) is 6.07 Å². The molecule has 1 N–H and O–H groups in total. The summed E-state index contributed by atoms with van der Waals surface area (Å²) in [6, 6.07) is 4.83. The Labute approximate surface area is 118 Å². The quantitative estimate of drug-likeness (QED) is 0.788. The molecular weight excluding hydrogens is 234 g/mol. The topological polar surface area (TPSA) is 25.2 Å². The van der Waals surface area contributed by atoms with Crippen molar-refractivity contribution in [1.82, 2.24) is 5.32 Å². The van der Waals surface area contributed by atoms with E-state index >= 15 is 0 Å². The monoisotopic (exact) mass is 263 g/mol. The number of hydrogen-bond acceptors (Lipinski definition) is 2. The largest absolute Gasteiger partial charge is 0.469 e. The highest BCUT2D eigenvalue weighted by Gasteiger charge is 2.30. The molecule has 19 heavy (non-hydrogen) atoms. The van der Waals surface area contributed by atoms with Crippen molar-refractivity contribution in [3.63, 3.8) is 0 Å². The molecule has 1 aromatic heterocycles. The molecule has 2 heteroatoms. The van der Waals surface area contributed by atoms with Gasteiger partial charge in [-0.15, -0.1) is 0 Å². The fraction of sp³-hybridized carbons (Fsp3) is 0.765. The van der Waals surface area contributed by atoms with Crippen LogP contribution in [0.2, 0.25) is 0 Å². The smallest absolute Gasteiger partial charge is 0.104 e. The molecule has 0 saturated heterocycles. The van der Waals surface area contributed by atoms with Gasteiger partial charge in [-0.25, -0.2) is 0 Å². The molecule has 3 unspecified atom stereocenters. The van der Waals surface area contributed by atoms with Gasteiger partial charge in [-0.2, -0.15) is 0 Å². The summed E-state index contributed by atoms with van der Waals surface area (Å²) >= 11 is 0. The van der Waals surface area contributed by atoms with Crippen LogP contribution in [0.5, 0.6) is 0 Å². The van der Waals surface area contributed by atoms with E-state index in [0.29, 0.717) is 6.04 Å². The van der Waals surface area contributed by atoms with Gasteiger partial charge < -0.3 is 9.73 Å².